The molecule has 1 aliphatic rings. The fraction of sp³-hybridized carbons (Fsp3) is 0.538. The van der Waals surface area contributed by atoms with Crippen molar-refractivity contribution >= 4 is 11.7 Å². The van der Waals surface area contributed by atoms with E-state index in [1.54, 1.807) is 7.05 Å². The van der Waals surface area contributed by atoms with Crippen LogP contribution in [0.4, 0.5) is 5.82 Å². The summed E-state index contributed by atoms with van der Waals surface area (Å²) < 4.78 is 1.96. The number of nitriles is 1. The summed E-state index contributed by atoms with van der Waals surface area (Å²) in [6.07, 6.45) is 4.20. The van der Waals surface area contributed by atoms with Crippen LogP contribution in [-0.4, -0.2) is 24.1 Å². The lowest BCUT2D eigenvalue weighted by Crippen LogP contribution is -2.26. The summed E-state index contributed by atoms with van der Waals surface area (Å²) in [6, 6.07) is 2.24. The maximum atomic E-state index is 11.6. The van der Waals surface area contributed by atoms with Gasteiger partial charge in [0.1, 0.15) is 11.9 Å². The minimum Gasteiger partial charge on any atom is -0.333 e. The van der Waals surface area contributed by atoms with Crippen LogP contribution in [0, 0.1) is 11.3 Å². The Bertz CT molecular complexity index is 510. The van der Waals surface area contributed by atoms with E-state index in [0.717, 1.165) is 31.2 Å². The first-order valence-corrected chi connectivity index (χ1v) is 6.24. The molecule has 0 aliphatic heterocycles. The van der Waals surface area contributed by atoms with Gasteiger partial charge in [0.15, 0.2) is 0 Å². The van der Waals surface area contributed by atoms with Crippen molar-refractivity contribution in [1.29, 1.82) is 5.26 Å². The molecule has 5 nitrogen and oxygen atoms in total. The van der Waals surface area contributed by atoms with E-state index in [0.29, 0.717) is 11.4 Å². The number of hydrogen-bond donors (Lipinski definition) is 2. The third-order valence-electron chi connectivity index (χ3n) is 3.42. The zero-order chi connectivity index (χ0) is 13.1. The molecule has 1 heterocycles. The summed E-state index contributed by atoms with van der Waals surface area (Å²) in [4.78, 5) is 11.6. The van der Waals surface area contributed by atoms with E-state index in [9.17, 15) is 10.1 Å². The molecule has 0 radical (unpaired) electrons. The Labute approximate surface area is 107 Å². The predicted molar refractivity (Wildman–Crippen MR) is 69.3 cm³/mol. The van der Waals surface area contributed by atoms with Crippen LogP contribution < -0.4 is 10.6 Å². The maximum absolute atomic E-state index is 11.6. The van der Waals surface area contributed by atoms with Crippen molar-refractivity contribution in [1.82, 2.24) is 9.88 Å². The highest BCUT2D eigenvalue weighted by molar-refractivity contribution is 5.93. The largest absolute Gasteiger partial charge is 0.333 e. The average Bonchev–Trinajstić information content (AvgIpc) is 2.63. The Morgan fingerprint density at radius 3 is 2.83 bits per heavy atom. The van der Waals surface area contributed by atoms with Gasteiger partial charge < -0.3 is 15.2 Å². The SMILES string of the molecule is CNCC(=O)Nc1c(C#N)c2c(n1C)CCCC2. The summed E-state index contributed by atoms with van der Waals surface area (Å²) in [6.45, 7) is 0.251. The molecule has 0 fully saturated rings. The van der Waals surface area contributed by atoms with Gasteiger partial charge in [0.2, 0.25) is 5.91 Å². The van der Waals surface area contributed by atoms with Gasteiger partial charge in [-0.25, -0.2) is 0 Å². The minimum absolute atomic E-state index is 0.119. The highest BCUT2D eigenvalue weighted by Gasteiger charge is 2.23. The fourth-order valence-corrected chi connectivity index (χ4v) is 2.58. The molecule has 1 aliphatic carbocycles. The molecule has 1 amide bonds. The molecule has 0 spiro atoms. The predicted octanol–water partition coefficient (Wildman–Crippen LogP) is 0.933. The van der Waals surface area contributed by atoms with Crippen molar-refractivity contribution < 1.29 is 4.79 Å². The molecule has 5 heteroatoms. The zero-order valence-electron chi connectivity index (χ0n) is 10.8. The van der Waals surface area contributed by atoms with Gasteiger partial charge in [-0.3, -0.25) is 4.79 Å². The Morgan fingerprint density at radius 2 is 2.17 bits per heavy atom. The number of anilines is 1. The van der Waals surface area contributed by atoms with Crippen LogP contribution in [-0.2, 0) is 24.7 Å². The number of nitrogens with one attached hydrogen (secondary N) is 2. The average molecular weight is 246 g/mol. The first kappa shape index (κ1) is 12.7. The van der Waals surface area contributed by atoms with Gasteiger partial charge in [0.05, 0.1) is 12.1 Å². The molecule has 0 atom stereocenters. The van der Waals surface area contributed by atoms with Gasteiger partial charge in [0, 0.05) is 12.7 Å². The summed E-state index contributed by atoms with van der Waals surface area (Å²) in [5.74, 6) is 0.525. The molecule has 1 aromatic rings. The number of carbonyl (C=O) groups excluding carboxylic acids is 1. The summed E-state index contributed by atoms with van der Waals surface area (Å²) >= 11 is 0. The van der Waals surface area contributed by atoms with Crippen LogP contribution in [0.5, 0.6) is 0 Å². The highest BCUT2D eigenvalue weighted by Crippen LogP contribution is 2.31. The number of fused-ring (bicyclic) bond motifs is 1. The number of amides is 1. The lowest BCUT2D eigenvalue weighted by atomic mass is 9.95. The van der Waals surface area contributed by atoms with Crippen molar-refractivity contribution in [3.63, 3.8) is 0 Å². The number of nitrogens with zero attached hydrogens (tertiary/aromatic N) is 2. The van der Waals surface area contributed by atoms with Gasteiger partial charge in [-0.05, 0) is 38.3 Å². The number of likely N-dealkylation sites (N-methyl/N-ethyl adjacent to an activating group) is 1. The first-order valence-electron chi connectivity index (χ1n) is 6.24. The fourth-order valence-electron chi connectivity index (χ4n) is 2.58. The molecule has 1 aromatic heterocycles. The van der Waals surface area contributed by atoms with E-state index in [1.165, 1.54) is 5.69 Å². The van der Waals surface area contributed by atoms with E-state index >= 15 is 0 Å². The van der Waals surface area contributed by atoms with E-state index in [-0.39, 0.29) is 12.5 Å². The Kier molecular flexibility index (Phi) is 3.68. The third kappa shape index (κ3) is 2.12. The van der Waals surface area contributed by atoms with Gasteiger partial charge in [-0.15, -0.1) is 0 Å². The molecule has 0 saturated heterocycles. The van der Waals surface area contributed by atoms with Crippen molar-refractivity contribution in [2.24, 2.45) is 7.05 Å². The molecule has 2 N–H and O–H groups in total. The monoisotopic (exact) mass is 246 g/mol. The number of aromatic nitrogens is 1. The van der Waals surface area contributed by atoms with Crippen molar-refractivity contribution in [3.05, 3.63) is 16.8 Å². The Hall–Kier alpha value is -1.80. The van der Waals surface area contributed by atoms with E-state index < -0.39 is 0 Å². The van der Waals surface area contributed by atoms with Crippen LogP contribution in [0.25, 0.3) is 0 Å². The summed E-state index contributed by atoms with van der Waals surface area (Å²) in [7, 11) is 3.64. The second-order valence-corrected chi connectivity index (χ2v) is 4.61. The minimum atomic E-state index is -0.119. The lowest BCUT2D eigenvalue weighted by molar-refractivity contribution is -0.115. The summed E-state index contributed by atoms with van der Waals surface area (Å²) in [5.41, 5.74) is 2.94. The number of hydrogen-bond acceptors (Lipinski definition) is 3. The quantitative estimate of drug-likeness (QED) is 0.833. The maximum Gasteiger partial charge on any atom is 0.239 e. The molecular formula is C13H18N4O. The summed E-state index contributed by atoms with van der Waals surface area (Å²) in [5, 5.41) is 14.9. The molecule has 0 bridgehead atoms. The normalized spacial score (nSPS) is 13.8. The Balaban J connectivity index is 2.38. The van der Waals surface area contributed by atoms with Crippen LogP contribution in [0.2, 0.25) is 0 Å². The van der Waals surface area contributed by atoms with E-state index in [4.69, 9.17) is 0 Å². The standard InChI is InChI=1S/C13H18N4O/c1-15-8-12(18)16-13-10(7-14)9-5-3-4-6-11(9)17(13)2/h15H,3-6,8H2,1-2H3,(H,16,18). The van der Waals surface area contributed by atoms with Crippen molar-refractivity contribution in [3.8, 4) is 6.07 Å². The molecule has 96 valence electrons. The van der Waals surface area contributed by atoms with Crippen LogP contribution in [0.1, 0.15) is 29.7 Å². The zero-order valence-corrected chi connectivity index (χ0v) is 10.8. The smallest absolute Gasteiger partial charge is 0.239 e. The van der Waals surface area contributed by atoms with Gasteiger partial charge in [0.25, 0.3) is 0 Å². The van der Waals surface area contributed by atoms with Crippen LogP contribution in [0.3, 0.4) is 0 Å². The topological polar surface area (TPSA) is 69.8 Å². The van der Waals surface area contributed by atoms with Crippen LogP contribution in [0.15, 0.2) is 0 Å². The van der Waals surface area contributed by atoms with Crippen molar-refractivity contribution in [2.45, 2.75) is 25.7 Å². The number of rotatable bonds is 3. The second kappa shape index (κ2) is 5.23. The number of carbonyl (C=O) groups is 1. The third-order valence-corrected chi connectivity index (χ3v) is 3.42. The van der Waals surface area contributed by atoms with Gasteiger partial charge in [-0.2, -0.15) is 5.26 Å². The molecule has 18 heavy (non-hydrogen) atoms. The lowest BCUT2D eigenvalue weighted by Gasteiger charge is -2.13. The molecular weight excluding hydrogens is 228 g/mol. The van der Waals surface area contributed by atoms with Gasteiger partial charge in [-0.1, -0.05) is 0 Å². The first-order chi connectivity index (χ1) is 8.69. The Morgan fingerprint density at radius 1 is 1.44 bits per heavy atom. The van der Waals surface area contributed by atoms with Gasteiger partial charge >= 0.3 is 0 Å². The molecule has 2 rings (SSSR count). The van der Waals surface area contributed by atoms with E-state index in [2.05, 4.69) is 16.7 Å². The highest BCUT2D eigenvalue weighted by atomic mass is 16.2. The second-order valence-electron chi connectivity index (χ2n) is 4.61. The molecule has 0 saturated carbocycles. The van der Waals surface area contributed by atoms with Crippen LogP contribution >= 0.6 is 0 Å². The van der Waals surface area contributed by atoms with Crippen molar-refractivity contribution in [2.75, 3.05) is 18.9 Å². The molecule has 0 unspecified atom stereocenters. The van der Waals surface area contributed by atoms with E-state index in [1.807, 2.05) is 11.6 Å². The molecule has 0 aromatic carbocycles.